The number of rotatable bonds is 7. The molecule has 1 amide bonds. The van der Waals surface area contributed by atoms with E-state index in [4.69, 9.17) is 14.0 Å². The molecule has 0 aliphatic carbocycles. The van der Waals surface area contributed by atoms with Gasteiger partial charge in [-0.05, 0) is 31.9 Å². The molecule has 0 radical (unpaired) electrons. The largest absolute Gasteiger partial charge is 0.483 e. The summed E-state index contributed by atoms with van der Waals surface area (Å²) in [6, 6.07) is 15.2. The highest BCUT2D eigenvalue weighted by atomic mass is 16.5. The molecule has 0 spiro atoms. The summed E-state index contributed by atoms with van der Waals surface area (Å²) in [5.74, 6) is 1.17. The predicted octanol–water partition coefficient (Wildman–Crippen LogP) is 3.39. The van der Waals surface area contributed by atoms with Crippen molar-refractivity contribution in [3.63, 3.8) is 0 Å². The van der Waals surface area contributed by atoms with Gasteiger partial charge in [0, 0.05) is 18.7 Å². The molecule has 29 heavy (non-hydrogen) atoms. The van der Waals surface area contributed by atoms with Crippen LogP contribution in [0.2, 0.25) is 0 Å². The van der Waals surface area contributed by atoms with Gasteiger partial charge in [-0.2, -0.15) is 4.98 Å². The zero-order valence-corrected chi connectivity index (χ0v) is 16.3. The van der Waals surface area contributed by atoms with Gasteiger partial charge in [0.15, 0.2) is 6.61 Å². The van der Waals surface area contributed by atoms with Gasteiger partial charge in [0.25, 0.3) is 11.8 Å². The number of hydrogen-bond acceptors (Lipinski definition) is 6. The molecule has 3 aromatic rings. The van der Waals surface area contributed by atoms with Gasteiger partial charge in [-0.25, -0.2) is 0 Å². The summed E-state index contributed by atoms with van der Waals surface area (Å²) in [5.41, 5.74) is 2.68. The van der Waals surface area contributed by atoms with Crippen LogP contribution in [0.15, 0.2) is 53.1 Å². The van der Waals surface area contributed by atoms with E-state index in [2.05, 4.69) is 15.5 Å². The minimum Gasteiger partial charge on any atom is -0.483 e. The zero-order valence-electron chi connectivity index (χ0n) is 16.3. The normalized spacial score (nSPS) is 16.0. The maximum absolute atomic E-state index is 12.1. The number of hydrogen-bond donors (Lipinski definition) is 1. The summed E-state index contributed by atoms with van der Waals surface area (Å²) in [6.45, 7) is 3.20. The topological polar surface area (TPSA) is 86.5 Å². The molecule has 1 N–H and O–H groups in total. The minimum atomic E-state index is -0.193. The van der Waals surface area contributed by atoms with Crippen LogP contribution in [0.1, 0.15) is 18.4 Å². The van der Waals surface area contributed by atoms with E-state index in [1.165, 1.54) is 0 Å². The Morgan fingerprint density at radius 1 is 1.21 bits per heavy atom. The number of aromatic nitrogens is 2. The first-order valence-electron chi connectivity index (χ1n) is 9.70. The fourth-order valence-corrected chi connectivity index (χ4v) is 3.15. The fourth-order valence-electron chi connectivity index (χ4n) is 3.15. The van der Waals surface area contributed by atoms with Crippen molar-refractivity contribution < 1.29 is 18.8 Å². The Morgan fingerprint density at radius 3 is 2.83 bits per heavy atom. The molecule has 1 fully saturated rings. The number of nitrogens with zero attached hydrogens (tertiary/aromatic N) is 2. The summed E-state index contributed by atoms with van der Waals surface area (Å²) in [7, 11) is 0. The molecule has 2 heterocycles. The Hall–Kier alpha value is -3.19. The lowest BCUT2D eigenvalue weighted by molar-refractivity contribution is -0.123. The number of nitrogens with one attached hydrogen (secondary N) is 1. The molecule has 1 atom stereocenters. The number of para-hydroxylation sites is 1. The molecule has 1 aromatic heterocycles. The molecule has 7 heteroatoms. The molecule has 0 saturated carbocycles. The average Bonchev–Trinajstić information content (AvgIpc) is 3.44. The Kier molecular flexibility index (Phi) is 5.86. The molecule has 4 rings (SSSR count). The highest BCUT2D eigenvalue weighted by Gasteiger charge is 2.18. The van der Waals surface area contributed by atoms with Gasteiger partial charge < -0.3 is 19.3 Å². The lowest BCUT2D eigenvalue weighted by atomic mass is 10.1. The summed E-state index contributed by atoms with van der Waals surface area (Å²) in [4.78, 5) is 16.6. The van der Waals surface area contributed by atoms with E-state index in [1.54, 1.807) is 6.07 Å². The third kappa shape index (κ3) is 4.81. The van der Waals surface area contributed by atoms with E-state index in [1.807, 2.05) is 49.4 Å². The standard InChI is InChI=1S/C22H23N3O4/c1-15-8-10-16(11-9-15)21-24-22(29-25-21)18-6-2-3-7-19(18)28-14-20(26)23-13-17-5-4-12-27-17/h2-3,6-11,17H,4-5,12-14H2,1H3,(H,23,26). The van der Waals surface area contributed by atoms with Crippen LogP contribution in [0.5, 0.6) is 5.75 Å². The molecule has 1 aliphatic rings. The first-order chi connectivity index (χ1) is 14.2. The van der Waals surface area contributed by atoms with Crippen LogP contribution in [-0.2, 0) is 9.53 Å². The van der Waals surface area contributed by atoms with Gasteiger partial charge >= 0.3 is 0 Å². The molecule has 1 unspecified atom stereocenters. The summed E-state index contributed by atoms with van der Waals surface area (Å²) >= 11 is 0. The number of carbonyl (C=O) groups excluding carboxylic acids is 1. The second kappa shape index (κ2) is 8.87. The molecular formula is C22H23N3O4. The summed E-state index contributed by atoms with van der Waals surface area (Å²) in [6.07, 6.45) is 2.12. The Labute approximate surface area is 169 Å². The van der Waals surface area contributed by atoms with Crippen LogP contribution in [-0.4, -0.2) is 41.9 Å². The zero-order chi connectivity index (χ0) is 20.1. The molecule has 1 aliphatic heterocycles. The maximum atomic E-state index is 12.1. The van der Waals surface area contributed by atoms with Crippen LogP contribution >= 0.6 is 0 Å². The number of benzene rings is 2. The van der Waals surface area contributed by atoms with Crippen molar-refractivity contribution in [3.8, 4) is 28.6 Å². The maximum Gasteiger partial charge on any atom is 0.262 e. The van der Waals surface area contributed by atoms with E-state index in [-0.39, 0.29) is 18.6 Å². The van der Waals surface area contributed by atoms with Crippen LogP contribution in [0.25, 0.3) is 22.8 Å². The van der Waals surface area contributed by atoms with Gasteiger partial charge in [-0.3, -0.25) is 4.79 Å². The van der Waals surface area contributed by atoms with Crippen molar-refractivity contribution in [1.82, 2.24) is 15.5 Å². The molecule has 150 valence electrons. The second-order valence-electron chi connectivity index (χ2n) is 7.01. The van der Waals surface area contributed by atoms with Crippen molar-refractivity contribution in [2.24, 2.45) is 0 Å². The molecule has 7 nitrogen and oxygen atoms in total. The highest BCUT2D eigenvalue weighted by molar-refractivity contribution is 5.78. The Morgan fingerprint density at radius 2 is 2.03 bits per heavy atom. The van der Waals surface area contributed by atoms with E-state index >= 15 is 0 Å². The fraction of sp³-hybridized carbons (Fsp3) is 0.318. The van der Waals surface area contributed by atoms with Crippen LogP contribution in [0.3, 0.4) is 0 Å². The van der Waals surface area contributed by atoms with E-state index in [0.29, 0.717) is 29.6 Å². The summed E-state index contributed by atoms with van der Waals surface area (Å²) in [5, 5.41) is 6.91. The van der Waals surface area contributed by atoms with Crippen LogP contribution in [0, 0.1) is 6.92 Å². The van der Waals surface area contributed by atoms with Gasteiger partial charge in [0.2, 0.25) is 5.82 Å². The van der Waals surface area contributed by atoms with Crippen LogP contribution < -0.4 is 10.1 Å². The van der Waals surface area contributed by atoms with Gasteiger partial charge in [-0.1, -0.05) is 47.1 Å². The number of aryl methyl sites for hydroxylation is 1. The quantitative estimate of drug-likeness (QED) is 0.662. The first-order valence-corrected chi connectivity index (χ1v) is 9.70. The lowest BCUT2D eigenvalue weighted by Crippen LogP contribution is -2.35. The lowest BCUT2D eigenvalue weighted by Gasteiger charge is -2.12. The summed E-state index contributed by atoms with van der Waals surface area (Å²) < 4.78 is 16.7. The number of ether oxygens (including phenoxy) is 2. The van der Waals surface area contributed by atoms with Crippen molar-refractivity contribution in [3.05, 3.63) is 54.1 Å². The van der Waals surface area contributed by atoms with Crippen molar-refractivity contribution in [2.45, 2.75) is 25.9 Å². The van der Waals surface area contributed by atoms with E-state index in [9.17, 15) is 4.79 Å². The average molecular weight is 393 g/mol. The van der Waals surface area contributed by atoms with Crippen LogP contribution in [0.4, 0.5) is 0 Å². The van der Waals surface area contributed by atoms with E-state index in [0.717, 1.165) is 30.6 Å². The van der Waals surface area contributed by atoms with E-state index < -0.39 is 0 Å². The number of amides is 1. The monoisotopic (exact) mass is 393 g/mol. The van der Waals surface area contributed by atoms with Crippen molar-refractivity contribution >= 4 is 5.91 Å². The van der Waals surface area contributed by atoms with Gasteiger partial charge in [-0.15, -0.1) is 0 Å². The SMILES string of the molecule is Cc1ccc(-c2noc(-c3ccccc3OCC(=O)NCC3CCCO3)n2)cc1. The Bertz CT molecular complexity index is 962. The third-order valence-electron chi connectivity index (χ3n) is 4.76. The van der Waals surface area contributed by atoms with Crippen molar-refractivity contribution in [1.29, 1.82) is 0 Å². The predicted molar refractivity (Wildman–Crippen MR) is 107 cm³/mol. The Balaban J connectivity index is 1.41. The minimum absolute atomic E-state index is 0.0946. The second-order valence-corrected chi connectivity index (χ2v) is 7.01. The van der Waals surface area contributed by atoms with Gasteiger partial charge in [0.05, 0.1) is 11.7 Å². The molecular weight excluding hydrogens is 370 g/mol. The smallest absolute Gasteiger partial charge is 0.262 e. The number of carbonyl (C=O) groups is 1. The first kappa shape index (κ1) is 19.1. The van der Waals surface area contributed by atoms with Gasteiger partial charge in [0.1, 0.15) is 5.75 Å². The third-order valence-corrected chi connectivity index (χ3v) is 4.76. The van der Waals surface area contributed by atoms with Crippen molar-refractivity contribution in [2.75, 3.05) is 19.8 Å². The molecule has 1 saturated heterocycles. The highest BCUT2D eigenvalue weighted by Crippen LogP contribution is 2.30. The molecule has 2 aromatic carbocycles. The molecule has 0 bridgehead atoms.